The first-order valence-corrected chi connectivity index (χ1v) is 10.6. The van der Waals surface area contributed by atoms with E-state index in [0.717, 1.165) is 34.8 Å². The molecule has 140 valence electrons. The van der Waals surface area contributed by atoms with Crippen molar-refractivity contribution in [1.29, 1.82) is 0 Å². The van der Waals surface area contributed by atoms with Gasteiger partial charge in [-0.1, -0.05) is 30.3 Å². The zero-order chi connectivity index (χ0) is 18.8. The number of hydrogen-bond donors (Lipinski definition) is 1. The highest BCUT2D eigenvalue weighted by Crippen LogP contribution is 2.35. The lowest BCUT2D eigenvalue weighted by molar-refractivity contribution is 0.578. The summed E-state index contributed by atoms with van der Waals surface area (Å²) in [7, 11) is 0. The molecule has 28 heavy (non-hydrogen) atoms. The summed E-state index contributed by atoms with van der Waals surface area (Å²) in [5, 5.41) is 4.54. The summed E-state index contributed by atoms with van der Waals surface area (Å²) in [5.41, 5.74) is 3.57. The van der Waals surface area contributed by atoms with Gasteiger partial charge in [-0.15, -0.1) is 11.3 Å². The molecule has 0 saturated carbocycles. The van der Waals surface area contributed by atoms with Crippen LogP contribution in [0.2, 0.25) is 0 Å². The highest BCUT2D eigenvalue weighted by Gasteiger charge is 2.12. The summed E-state index contributed by atoms with van der Waals surface area (Å²) in [6, 6.07) is 21.3. The van der Waals surface area contributed by atoms with Gasteiger partial charge < -0.3 is 10.2 Å². The molecule has 2 aromatic heterocycles. The van der Waals surface area contributed by atoms with Crippen LogP contribution in [0.4, 0.5) is 17.2 Å². The fourth-order valence-corrected chi connectivity index (χ4v) is 4.75. The molecule has 0 spiro atoms. The molecule has 1 N–H and O–H groups in total. The fourth-order valence-electron chi connectivity index (χ4n) is 3.74. The Morgan fingerprint density at radius 3 is 2.43 bits per heavy atom. The van der Waals surface area contributed by atoms with Crippen LogP contribution in [0.5, 0.6) is 0 Å². The molecule has 4 aromatic rings. The van der Waals surface area contributed by atoms with E-state index in [1.807, 2.05) is 6.07 Å². The first-order chi connectivity index (χ1) is 13.9. The predicted octanol–water partition coefficient (Wildman–Crippen LogP) is 6.09. The quantitative estimate of drug-likeness (QED) is 0.461. The van der Waals surface area contributed by atoms with Crippen molar-refractivity contribution in [3.05, 3.63) is 67.0 Å². The topological polar surface area (TPSA) is 41.0 Å². The Labute approximate surface area is 168 Å². The second kappa shape index (κ2) is 7.60. The predicted molar refractivity (Wildman–Crippen MR) is 119 cm³/mol. The molecule has 0 amide bonds. The lowest BCUT2D eigenvalue weighted by Gasteiger charge is -2.28. The average molecular weight is 387 g/mol. The SMILES string of the molecule is c1ccc(-c2cc3c(Nc4ccc(N5CCCCC5)cc4)ncnc3s2)cc1. The Hall–Kier alpha value is -2.92. The van der Waals surface area contributed by atoms with Crippen molar-refractivity contribution in [3.63, 3.8) is 0 Å². The number of hydrogen-bond acceptors (Lipinski definition) is 5. The number of benzene rings is 2. The number of piperidine rings is 1. The average Bonchev–Trinajstić information content (AvgIpc) is 3.21. The van der Waals surface area contributed by atoms with E-state index in [4.69, 9.17) is 0 Å². The maximum Gasteiger partial charge on any atom is 0.142 e. The summed E-state index contributed by atoms with van der Waals surface area (Å²) in [6.45, 7) is 2.33. The number of fused-ring (bicyclic) bond motifs is 1. The van der Waals surface area contributed by atoms with Gasteiger partial charge in [0.25, 0.3) is 0 Å². The van der Waals surface area contributed by atoms with Gasteiger partial charge in [-0.05, 0) is 55.2 Å². The second-order valence-electron chi connectivity index (χ2n) is 7.14. The van der Waals surface area contributed by atoms with E-state index in [-0.39, 0.29) is 0 Å². The molecule has 2 aromatic carbocycles. The van der Waals surface area contributed by atoms with Crippen LogP contribution >= 0.6 is 11.3 Å². The Bertz CT molecular complexity index is 1070. The van der Waals surface area contributed by atoms with E-state index in [1.165, 1.54) is 35.4 Å². The van der Waals surface area contributed by atoms with Crippen LogP contribution in [0, 0.1) is 0 Å². The standard InChI is InChI=1S/C23H22N4S/c1-3-7-17(8-4-1)21-15-20-22(24-16-25-23(20)28-21)26-18-9-11-19(12-10-18)27-13-5-2-6-14-27/h1,3-4,7-12,15-16H,2,5-6,13-14H2,(H,24,25,26). The fraction of sp³-hybridized carbons (Fsp3) is 0.217. The molecular formula is C23H22N4S. The van der Waals surface area contributed by atoms with Crippen molar-refractivity contribution in [1.82, 2.24) is 9.97 Å². The van der Waals surface area contributed by atoms with Crippen LogP contribution in [0.25, 0.3) is 20.7 Å². The van der Waals surface area contributed by atoms with Gasteiger partial charge in [0.15, 0.2) is 0 Å². The molecule has 1 aliphatic rings. The molecule has 0 atom stereocenters. The normalized spacial score (nSPS) is 14.4. The third-order valence-electron chi connectivity index (χ3n) is 5.24. The summed E-state index contributed by atoms with van der Waals surface area (Å²) in [4.78, 5) is 13.6. The van der Waals surface area contributed by atoms with Crippen molar-refractivity contribution in [3.8, 4) is 10.4 Å². The van der Waals surface area contributed by atoms with E-state index < -0.39 is 0 Å². The number of thiophene rings is 1. The van der Waals surface area contributed by atoms with E-state index in [1.54, 1.807) is 17.7 Å². The van der Waals surface area contributed by atoms with Gasteiger partial charge in [0, 0.05) is 29.3 Å². The zero-order valence-corrected chi connectivity index (χ0v) is 16.5. The van der Waals surface area contributed by atoms with Crippen LogP contribution < -0.4 is 10.2 Å². The van der Waals surface area contributed by atoms with Gasteiger partial charge in [-0.2, -0.15) is 0 Å². The van der Waals surface area contributed by atoms with Crippen molar-refractivity contribution in [2.24, 2.45) is 0 Å². The molecule has 0 aliphatic carbocycles. The van der Waals surface area contributed by atoms with Crippen molar-refractivity contribution in [2.45, 2.75) is 19.3 Å². The van der Waals surface area contributed by atoms with E-state index in [2.05, 4.69) is 74.8 Å². The maximum absolute atomic E-state index is 4.50. The highest BCUT2D eigenvalue weighted by atomic mass is 32.1. The van der Waals surface area contributed by atoms with Gasteiger partial charge in [0.05, 0.1) is 5.39 Å². The van der Waals surface area contributed by atoms with E-state index >= 15 is 0 Å². The van der Waals surface area contributed by atoms with Gasteiger partial charge in [0.1, 0.15) is 17.0 Å². The Morgan fingerprint density at radius 1 is 0.857 bits per heavy atom. The minimum absolute atomic E-state index is 0.856. The molecule has 1 aliphatic heterocycles. The van der Waals surface area contributed by atoms with Crippen molar-refractivity contribution >= 4 is 38.7 Å². The van der Waals surface area contributed by atoms with E-state index in [0.29, 0.717) is 0 Å². The summed E-state index contributed by atoms with van der Waals surface area (Å²) < 4.78 is 0. The number of rotatable bonds is 4. The van der Waals surface area contributed by atoms with Crippen LogP contribution in [-0.4, -0.2) is 23.1 Å². The molecule has 3 heterocycles. The molecule has 5 rings (SSSR count). The zero-order valence-electron chi connectivity index (χ0n) is 15.6. The molecule has 4 nitrogen and oxygen atoms in total. The van der Waals surface area contributed by atoms with Crippen LogP contribution in [0.3, 0.4) is 0 Å². The molecule has 0 unspecified atom stereocenters. The minimum atomic E-state index is 0.856. The van der Waals surface area contributed by atoms with Gasteiger partial charge in [-0.3, -0.25) is 0 Å². The van der Waals surface area contributed by atoms with Crippen LogP contribution in [0.1, 0.15) is 19.3 Å². The Kier molecular flexibility index (Phi) is 4.67. The van der Waals surface area contributed by atoms with Crippen molar-refractivity contribution in [2.75, 3.05) is 23.3 Å². The first-order valence-electron chi connectivity index (χ1n) is 9.79. The van der Waals surface area contributed by atoms with Gasteiger partial charge >= 0.3 is 0 Å². The van der Waals surface area contributed by atoms with Gasteiger partial charge in [0.2, 0.25) is 0 Å². The van der Waals surface area contributed by atoms with Gasteiger partial charge in [-0.25, -0.2) is 9.97 Å². The van der Waals surface area contributed by atoms with Crippen molar-refractivity contribution < 1.29 is 0 Å². The van der Waals surface area contributed by atoms with Crippen LogP contribution in [0.15, 0.2) is 67.0 Å². The largest absolute Gasteiger partial charge is 0.372 e. The highest BCUT2D eigenvalue weighted by molar-refractivity contribution is 7.21. The Balaban J connectivity index is 1.41. The summed E-state index contributed by atoms with van der Waals surface area (Å²) in [5.74, 6) is 0.856. The number of nitrogens with zero attached hydrogens (tertiary/aromatic N) is 3. The third kappa shape index (κ3) is 3.45. The molecule has 5 heteroatoms. The number of anilines is 3. The smallest absolute Gasteiger partial charge is 0.142 e. The Morgan fingerprint density at radius 2 is 1.64 bits per heavy atom. The minimum Gasteiger partial charge on any atom is -0.372 e. The monoisotopic (exact) mass is 386 g/mol. The van der Waals surface area contributed by atoms with E-state index in [9.17, 15) is 0 Å². The molecule has 0 radical (unpaired) electrons. The summed E-state index contributed by atoms with van der Waals surface area (Å²) >= 11 is 1.70. The maximum atomic E-state index is 4.50. The molecular weight excluding hydrogens is 364 g/mol. The molecule has 1 fully saturated rings. The number of aromatic nitrogens is 2. The number of nitrogens with one attached hydrogen (secondary N) is 1. The molecule has 0 bridgehead atoms. The summed E-state index contributed by atoms with van der Waals surface area (Å²) in [6.07, 6.45) is 5.57. The third-order valence-corrected chi connectivity index (χ3v) is 6.33. The van der Waals surface area contributed by atoms with Crippen LogP contribution in [-0.2, 0) is 0 Å². The molecule has 1 saturated heterocycles. The lowest BCUT2D eigenvalue weighted by Crippen LogP contribution is -2.29. The lowest BCUT2D eigenvalue weighted by atomic mass is 10.1. The second-order valence-corrected chi connectivity index (χ2v) is 8.17. The first kappa shape index (κ1) is 17.2.